The van der Waals surface area contributed by atoms with Gasteiger partial charge in [-0.15, -0.1) is 0 Å². The van der Waals surface area contributed by atoms with E-state index < -0.39 is 5.91 Å². The Labute approximate surface area is 165 Å². The summed E-state index contributed by atoms with van der Waals surface area (Å²) in [6, 6.07) is 1.89. The largest absolute Gasteiger partial charge is 0.494 e. The van der Waals surface area contributed by atoms with Gasteiger partial charge in [-0.1, -0.05) is 37.8 Å². The van der Waals surface area contributed by atoms with Crippen molar-refractivity contribution in [2.75, 3.05) is 26.7 Å². The first-order chi connectivity index (χ1) is 13.0. The third kappa shape index (κ3) is 3.92. The van der Waals surface area contributed by atoms with Gasteiger partial charge in [0.1, 0.15) is 11.3 Å². The highest BCUT2D eigenvalue weighted by Gasteiger charge is 2.26. The lowest BCUT2D eigenvalue weighted by Crippen LogP contribution is -2.31. The molecule has 1 fully saturated rings. The number of rotatable bonds is 4. The molecule has 1 aromatic heterocycles. The van der Waals surface area contributed by atoms with Crippen molar-refractivity contribution in [3.8, 4) is 5.75 Å². The molecule has 1 atom stereocenters. The number of primary amides is 1. The lowest BCUT2D eigenvalue weighted by Gasteiger charge is -2.28. The van der Waals surface area contributed by atoms with Crippen LogP contribution >= 0.6 is 11.6 Å². The van der Waals surface area contributed by atoms with Crippen LogP contribution < -0.4 is 10.5 Å². The second-order valence-corrected chi connectivity index (χ2v) is 7.69. The molecule has 1 aliphatic rings. The van der Waals surface area contributed by atoms with Gasteiger partial charge < -0.3 is 19.9 Å². The predicted octanol–water partition coefficient (Wildman–Crippen LogP) is 3.93. The van der Waals surface area contributed by atoms with E-state index in [-0.39, 0.29) is 11.6 Å². The molecule has 0 spiro atoms. The van der Waals surface area contributed by atoms with Crippen LogP contribution in [0.5, 0.6) is 5.75 Å². The summed E-state index contributed by atoms with van der Waals surface area (Å²) in [5.74, 6) is 0.716. The van der Waals surface area contributed by atoms with E-state index >= 15 is 0 Å². The quantitative estimate of drug-likeness (QED) is 0.855. The molecule has 1 amide bonds. The van der Waals surface area contributed by atoms with Crippen molar-refractivity contribution >= 4 is 28.5 Å². The fraction of sp³-hybridized carbons (Fsp3) is 0.600. The molecule has 3 rings (SSSR count). The van der Waals surface area contributed by atoms with Gasteiger partial charge in [-0.3, -0.25) is 4.79 Å². The van der Waals surface area contributed by atoms with Crippen molar-refractivity contribution in [3.63, 3.8) is 0 Å². The highest BCUT2D eigenvalue weighted by Crippen LogP contribution is 2.38. The van der Waals surface area contributed by atoms with Crippen molar-refractivity contribution in [3.05, 3.63) is 22.5 Å². The minimum absolute atomic E-state index is 0.268. The predicted molar refractivity (Wildman–Crippen MR) is 109 cm³/mol. The van der Waals surface area contributed by atoms with E-state index in [1.165, 1.54) is 32.8 Å². The summed E-state index contributed by atoms with van der Waals surface area (Å²) >= 11 is 6.61. The molecular weight excluding hydrogens is 364 g/mol. The second kappa shape index (κ2) is 8.48. The number of fused-ring (bicyclic) bond motifs is 1. The normalized spacial score (nSPS) is 19.5. The molecule has 1 aromatic carbocycles. The van der Waals surface area contributed by atoms with Crippen molar-refractivity contribution in [1.82, 2.24) is 14.5 Å². The Morgan fingerprint density at radius 3 is 2.78 bits per heavy atom. The summed E-state index contributed by atoms with van der Waals surface area (Å²) in [5, 5.41) is 0.489. The molecule has 1 saturated heterocycles. The number of nitrogens with zero attached hydrogens (tertiary/aromatic N) is 3. The van der Waals surface area contributed by atoms with Crippen molar-refractivity contribution in [1.29, 1.82) is 0 Å². The van der Waals surface area contributed by atoms with Crippen molar-refractivity contribution < 1.29 is 9.53 Å². The maximum atomic E-state index is 11.8. The smallest absolute Gasteiger partial charge is 0.252 e. The van der Waals surface area contributed by atoms with E-state index in [9.17, 15) is 4.79 Å². The van der Waals surface area contributed by atoms with Crippen LogP contribution in [-0.4, -0.2) is 47.1 Å². The van der Waals surface area contributed by atoms with Crippen LogP contribution in [-0.2, 0) is 0 Å². The topological polar surface area (TPSA) is 73.4 Å². The number of aromatic nitrogens is 2. The lowest BCUT2D eigenvalue weighted by molar-refractivity contribution is 0.0997. The van der Waals surface area contributed by atoms with Gasteiger partial charge in [-0.2, -0.15) is 0 Å². The maximum Gasteiger partial charge on any atom is 0.252 e. The zero-order chi connectivity index (χ0) is 19.6. The fourth-order valence-electron chi connectivity index (χ4n) is 4.20. The Kier molecular flexibility index (Phi) is 6.27. The number of likely N-dealkylation sites (N-methyl/N-ethyl adjacent to an activating group) is 1. The number of ether oxygens (including phenoxy) is 1. The molecule has 27 heavy (non-hydrogen) atoms. The summed E-state index contributed by atoms with van der Waals surface area (Å²) in [6.07, 6.45) is 6.06. The highest BCUT2D eigenvalue weighted by atomic mass is 35.5. The van der Waals surface area contributed by atoms with E-state index in [1.54, 1.807) is 6.07 Å². The molecule has 0 saturated carbocycles. The number of benzene rings is 1. The summed E-state index contributed by atoms with van der Waals surface area (Å²) < 4.78 is 7.73. The summed E-state index contributed by atoms with van der Waals surface area (Å²) in [7, 11) is 1.53. The first kappa shape index (κ1) is 20.0. The van der Waals surface area contributed by atoms with Gasteiger partial charge >= 0.3 is 0 Å². The Balaban J connectivity index is 2.15. The SMILES string of the molecule is CCN1CCCCCCC(n2c(C)nc3c(OC)c(C(N)=O)cc(Cl)c32)C1. The maximum absolute atomic E-state index is 11.8. The van der Waals surface area contributed by atoms with Crippen LogP contribution in [0.4, 0.5) is 0 Å². The summed E-state index contributed by atoms with van der Waals surface area (Å²) in [5.41, 5.74) is 7.22. The number of aryl methyl sites for hydroxylation is 1. The van der Waals surface area contributed by atoms with Crippen LogP contribution in [0.2, 0.25) is 5.02 Å². The molecule has 7 heteroatoms. The van der Waals surface area contributed by atoms with Crippen molar-refractivity contribution in [2.24, 2.45) is 5.73 Å². The summed E-state index contributed by atoms with van der Waals surface area (Å²) in [6.45, 7) is 7.33. The number of hydrogen-bond acceptors (Lipinski definition) is 4. The number of imidazole rings is 1. The number of carbonyl (C=O) groups is 1. The number of hydrogen-bond donors (Lipinski definition) is 1. The van der Waals surface area contributed by atoms with Crippen molar-refractivity contribution in [2.45, 2.75) is 52.0 Å². The molecule has 6 nitrogen and oxygen atoms in total. The van der Waals surface area contributed by atoms with E-state index in [0.717, 1.165) is 37.4 Å². The van der Waals surface area contributed by atoms with Crippen LogP contribution in [0.15, 0.2) is 6.07 Å². The van der Waals surface area contributed by atoms with E-state index in [4.69, 9.17) is 27.1 Å². The van der Waals surface area contributed by atoms with Gasteiger partial charge in [-0.25, -0.2) is 4.98 Å². The van der Waals surface area contributed by atoms with Crippen LogP contribution in [0.1, 0.15) is 61.3 Å². The molecule has 2 heterocycles. The third-order valence-corrected chi connectivity index (χ3v) is 5.85. The second-order valence-electron chi connectivity index (χ2n) is 7.28. The van der Waals surface area contributed by atoms with Gasteiger partial charge in [0, 0.05) is 12.6 Å². The van der Waals surface area contributed by atoms with Gasteiger partial charge in [0.25, 0.3) is 5.91 Å². The number of halogens is 1. The van der Waals surface area contributed by atoms with Gasteiger partial charge in [0.15, 0.2) is 5.75 Å². The molecule has 0 radical (unpaired) electrons. The molecule has 1 aliphatic heterocycles. The zero-order valence-corrected chi connectivity index (χ0v) is 17.2. The lowest BCUT2D eigenvalue weighted by atomic mass is 10.1. The molecule has 0 bridgehead atoms. The Hall–Kier alpha value is -1.79. The molecular formula is C20H29ClN4O2. The van der Waals surface area contributed by atoms with Gasteiger partial charge in [0.05, 0.1) is 23.2 Å². The average molecular weight is 393 g/mol. The Morgan fingerprint density at radius 2 is 2.11 bits per heavy atom. The standard InChI is InChI=1S/C20H29ClN4O2/c1-4-24-10-8-6-5-7-9-14(12-24)25-13(2)23-17-18(25)16(21)11-15(20(22)26)19(17)27-3/h11,14H,4-10,12H2,1-3H3,(H2,22,26). The number of nitrogens with two attached hydrogens (primary N) is 1. The third-order valence-electron chi connectivity index (χ3n) is 5.56. The molecule has 2 N–H and O–H groups in total. The first-order valence-corrected chi connectivity index (χ1v) is 10.1. The fourth-order valence-corrected chi connectivity index (χ4v) is 4.49. The first-order valence-electron chi connectivity index (χ1n) is 9.75. The molecule has 2 aromatic rings. The van der Waals surface area contributed by atoms with E-state index in [2.05, 4.69) is 16.4 Å². The Bertz CT molecular complexity index is 833. The van der Waals surface area contributed by atoms with Crippen LogP contribution in [0, 0.1) is 6.92 Å². The highest BCUT2D eigenvalue weighted by molar-refractivity contribution is 6.36. The minimum Gasteiger partial charge on any atom is -0.494 e. The Morgan fingerprint density at radius 1 is 1.37 bits per heavy atom. The minimum atomic E-state index is -0.567. The molecule has 0 aliphatic carbocycles. The van der Waals surface area contributed by atoms with Crippen LogP contribution in [0.3, 0.4) is 0 Å². The van der Waals surface area contributed by atoms with E-state index in [1.807, 2.05) is 6.92 Å². The van der Waals surface area contributed by atoms with Gasteiger partial charge in [-0.05, 0) is 38.9 Å². The monoisotopic (exact) mass is 392 g/mol. The molecule has 148 valence electrons. The number of amides is 1. The number of methoxy groups -OCH3 is 1. The van der Waals surface area contributed by atoms with E-state index in [0.29, 0.717) is 16.3 Å². The number of carbonyl (C=O) groups excluding carboxylic acids is 1. The van der Waals surface area contributed by atoms with Gasteiger partial charge in [0.2, 0.25) is 0 Å². The molecule has 1 unspecified atom stereocenters. The van der Waals surface area contributed by atoms with Crippen LogP contribution in [0.25, 0.3) is 11.0 Å². The zero-order valence-electron chi connectivity index (χ0n) is 16.4. The average Bonchev–Trinajstić information content (AvgIpc) is 3.03. The summed E-state index contributed by atoms with van der Waals surface area (Å²) in [4.78, 5) is 19.0.